The number of halogens is 3. The third-order valence-electron chi connectivity index (χ3n) is 5.82. The predicted molar refractivity (Wildman–Crippen MR) is 111 cm³/mol. The molecule has 0 unspecified atom stereocenters. The highest BCUT2D eigenvalue weighted by Crippen LogP contribution is 2.33. The van der Waals surface area contributed by atoms with Crippen molar-refractivity contribution < 1.29 is 37.8 Å². The van der Waals surface area contributed by atoms with Gasteiger partial charge in [-0.15, -0.1) is 5.10 Å². The smallest absolute Gasteiger partial charge is 0.194 e. The summed E-state index contributed by atoms with van der Waals surface area (Å²) >= 11 is 0. The van der Waals surface area contributed by atoms with Gasteiger partial charge in [0.05, 0.1) is 24.6 Å². The second kappa shape index (κ2) is 9.10. The highest BCUT2D eigenvalue weighted by atomic mass is 19.2. The van der Waals surface area contributed by atoms with Crippen LogP contribution in [0.1, 0.15) is 38.3 Å². The lowest BCUT2D eigenvalue weighted by molar-refractivity contribution is -0.205. The fourth-order valence-corrected chi connectivity index (χ4v) is 3.88. The van der Waals surface area contributed by atoms with Crippen molar-refractivity contribution in [3.63, 3.8) is 0 Å². The van der Waals surface area contributed by atoms with Gasteiger partial charge in [0.15, 0.2) is 17.5 Å². The molecule has 1 saturated heterocycles. The second-order valence-corrected chi connectivity index (χ2v) is 9.34. The van der Waals surface area contributed by atoms with E-state index in [1.165, 1.54) is 6.20 Å². The van der Waals surface area contributed by atoms with Gasteiger partial charge in [-0.25, -0.2) is 17.9 Å². The molecule has 9 nitrogen and oxygen atoms in total. The Balaban J connectivity index is 1.61. The molecule has 0 bridgehead atoms. The second-order valence-electron chi connectivity index (χ2n) is 9.34. The Morgan fingerprint density at radius 3 is 2.26 bits per heavy atom. The summed E-state index contributed by atoms with van der Waals surface area (Å²) in [5, 5.41) is 43.2. The van der Waals surface area contributed by atoms with Crippen molar-refractivity contribution in [3.05, 3.63) is 53.3 Å². The fourth-order valence-electron chi connectivity index (χ4n) is 3.88. The number of ether oxygens (including phenoxy) is 1. The summed E-state index contributed by atoms with van der Waals surface area (Å²) in [6.45, 7) is 5.36. The van der Waals surface area contributed by atoms with Crippen molar-refractivity contribution >= 4 is 0 Å². The van der Waals surface area contributed by atoms with Gasteiger partial charge in [-0.3, -0.25) is 0 Å². The van der Waals surface area contributed by atoms with Crippen LogP contribution in [-0.4, -0.2) is 66.5 Å². The molecule has 1 fully saturated rings. The zero-order valence-electron chi connectivity index (χ0n) is 18.7. The minimum atomic E-state index is -1.61. The van der Waals surface area contributed by atoms with Crippen LogP contribution in [0.2, 0.25) is 0 Å². The van der Waals surface area contributed by atoms with Gasteiger partial charge >= 0.3 is 0 Å². The van der Waals surface area contributed by atoms with Gasteiger partial charge in [-0.2, -0.15) is 0 Å². The molecule has 0 radical (unpaired) electrons. The number of hydrogen-bond acceptors (Lipinski definition) is 8. The summed E-state index contributed by atoms with van der Waals surface area (Å²) in [6.07, 6.45) is -3.31. The molecule has 3 N–H and O–H groups in total. The van der Waals surface area contributed by atoms with Crippen molar-refractivity contribution in [2.24, 2.45) is 0 Å². The molecule has 2 aromatic heterocycles. The molecule has 0 spiro atoms. The van der Waals surface area contributed by atoms with E-state index in [0.717, 1.165) is 16.8 Å². The molecule has 4 rings (SSSR count). The van der Waals surface area contributed by atoms with Gasteiger partial charge in [-0.1, -0.05) is 31.1 Å². The summed E-state index contributed by atoms with van der Waals surface area (Å²) in [6, 6.07) is 2.16. The average Bonchev–Trinajstić information content (AvgIpc) is 3.44. The summed E-state index contributed by atoms with van der Waals surface area (Å²) < 4.78 is 52.8. The van der Waals surface area contributed by atoms with E-state index in [1.54, 1.807) is 6.07 Å². The predicted octanol–water partition coefficient (Wildman–Crippen LogP) is 1.91. The van der Waals surface area contributed by atoms with Crippen molar-refractivity contribution in [3.8, 4) is 11.3 Å². The molecule has 12 heteroatoms. The van der Waals surface area contributed by atoms with Crippen molar-refractivity contribution in [2.45, 2.75) is 63.1 Å². The van der Waals surface area contributed by atoms with Gasteiger partial charge in [0.1, 0.15) is 35.8 Å². The van der Waals surface area contributed by atoms with Crippen LogP contribution in [0.4, 0.5) is 13.2 Å². The fraction of sp³-hybridized carbons (Fsp3) is 0.500. The summed E-state index contributed by atoms with van der Waals surface area (Å²) in [7, 11) is 0. The molecule has 1 aromatic carbocycles. The molecule has 3 heterocycles. The standard InChI is InChI=1S/C22H25F3N4O5/c1-22(2,3)17-7-11(34-27-17)6-15-20(31)19(21(32)16(9-30)33-15)29-8-14(26-28-29)10-4-12(23)18(25)13(24)5-10/h4-5,7-8,15-16,19-21,30-32H,6,9H2,1-3H3/t15-,16-,19-,20+,21+/m1/s1. The van der Waals surface area contributed by atoms with Gasteiger partial charge in [-0.05, 0) is 12.1 Å². The molecular weight excluding hydrogens is 457 g/mol. The first-order valence-electron chi connectivity index (χ1n) is 10.6. The average molecular weight is 482 g/mol. The summed E-state index contributed by atoms with van der Waals surface area (Å²) in [5.41, 5.74) is 0.371. The first-order chi connectivity index (χ1) is 16.0. The topological polar surface area (TPSA) is 127 Å². The first kappa shape index (κ1) is 24.3. The third-order valence-corrected chi connectivity index (χ3v) is 5.82. The van der Waals surface area contributed by atoms with Crippen LogP contribution < -0.4 is 0 Å². The Bertz CT molecular complexity index is 1140. The number of nitrogens with zero attached hydrogens (tertiary/aromatic N) is 4. The monoisotopic (exact) mass is 482 g/mol. The molecule has 1 aliphatic rings. The Morgan fingerprint density at radius 2 is 1.68 bits per heavy atom. The van der Waals surface area contributed by atoms with Crippen LogP contribution in [0.5, 0.6) is 0 Å². The van der Waals surface area contributed by atoms with E-state index >= 15 is 0 Å². The Kier molecular flexibility index (Phi) is 6.51. The van der Waals surface area contributed by atoms with Gasteiger partial charge in [0.2, 0.25) is 0 Å². The van der Waals surface area contributed by atoms with Crippen LogP contribution in [0.25, 0.3) is 11.3 Å². The Morgan fingerprint density at radius 1 is 1.03 bits per heavy atom. The lowest BCUT2D eigenvalue weighted by Crippen LogP contribution is -2.56. The number of rotatable bonds is 5. The molecular formula is C22H25F3N4O5. The van der Waals surface area contributed by atoms with Gasteiger partial charge < -0.3 is 24.6 Å². The van der Waals surface area contributed by atoms with E-state index in [9.17, 15) is 28.5 Å². The number of benzene rings is 1. The van der Waals surface area contributed by atoms with Crippen LogP contribution in [-0.2, 0) is 16.6 Å². The van der Waals surface area contributed by atoms with E-state index in [4.69, 9.17) is 9.26 Å². The minimum Gasteiger partial charge on any atom is -0.394 e. The summed E-state index contributed by atoms with van der Waals surface area (Å²) in [5.74, 6) is -3.95. The molecule has 0 amide bonds. The summed E-state index contributed by atoms with van der Waals surface area (Å²) in [4.78, 5) is 0. The van der Waals surface area contributed by atoms with E-state index in [1.807, 2.05) is 20.8 Å². The number of hydrogen-bond donors (Lipinski definition) is 3. The van der Waals surface area contributed by atoms with Crippen LogP contribution >= 0.6 is 0 Å². The molecule has 0 aliphatic carbocycles. The van der Waals surface area contributed by atoms with Crippen molar-refractivity contribution in [1.82, 2.24) is 20.2 Å². The lowest BCUT2D eigenvalue weighted by Gasteiger charge is -2.41. The minimum absolute atomic E-state index is 0.00848. The lowest BCUT2D eigenvalue weighted by atomic mass is 9.89. The first-order valence-corrected chi connectivity index (χ1v) is 10.6. The van der Waals surface area contributed by atoms with E-state index in [0.29, 0.717) is 11.5 Å². The molecule has 34 heavy (non-hydrogen) atoms. The number of aliphatic hydroxyl groups excluding tert-OH is 3. The normalized spacial score (nSPS) is 25.6. The number of aromatic nitrogens is 4. The van der Waals surface area contributed by atoms with Crippen molar-refractivity contribution in [1.29, 1.82) is 0 Å². The maximum absolute atomic E-state index is 13.6. The van der Waals surface area contributed by atoms with E-state index in [-0.39, 0.29) is 23.1 Å². The quantitative estimate of drug-likeness (QED) is 0.471. The number of aliphatic hydroxyl groups is 3. The van der Waals surface area contributed by atoms with Crippen LogP contribution in [0.3, 0.4) is 0 Å². The van der Waals surface area contributed by atoms with Gasteiger partial charge in [0, 0.05) is 23.5 Å². The third kappa shape index (κ3) is 4.58. The zero-order valence-corrected chi connectivity index (χ0v) is 18.7. The van der Waals surface area contributed by atoms with Crippen molar-refractivity contribution in [2.75, 3.05) is 6.61 Å². The maximum atomic E-state index is 13.6. The molecule has 3 aromatic rings. The highest BCUT2D eigenvalue weighted by molar-refractivity contribution is 5.57. The Hall–Kier alpha value is -2.80. The molecule has 184 valence electrons. The van der Waals surface area contributed by atoms with E-state index < -0.39 is 54.5 Å². The highest BCUT2D eigenvalue weighted by Gasteiger charge is 2.46. The van der Waals surface area contributed by atoms with E-state index in [2.05, 4.69) is 15.5 Å². The SMILES string of the molecule is CC(C)(C)c1cc(C[C@H]2O[C@H](CO)[C@H](O)[C@H](n3cc(-c4cc(F)c(F)c(F)c4)nn3)[C@H]2O)on1. The maximum Gasteiger partial charge on any atom is 0.194 e. The Labute approximate surface area is 192 Å². The van der Waals surface area contributed by atoms with Crippen LogP contribution in [0, 0.1) is 17.5 Å². The molecule has 1 aliphatic heterocycles. The molecule has 5 atom stereocenters. The largest absolute Gasteiger partial charge is 0.394 e. The molecule has 0 saturated carbocycles. The zero-order chi connectivity index (χ0) is 24.8. The van der Waals surface area contributed by atoms with Crippen LogP contribution in [0.15, 0.2) is 28.9 Å². The van der Waals surface area contributed by atoms with Gasteiger partial charge in [0.25, 0.3) is 0 Å².